The molecule has 0 aliphatic rings. The average molecular weight is 242 g/mol. The van der Waals surface area contributed by atoms with Crippen molar-refractivity contribution < 1.29 is 9.53 Å². The Bertz CT molecular complexity index is 613. The summed E-state index contributed by atoms with van der Waals surface area (Å²) in [6, 6.07) is 9.17. The van der Waals surface area contributed by atoms with Crippen LogP contribution in [0.3, 0.4) is 0 Å². The molecule has 2 rings (SSSR count). The number of aromatic nitrogens is 3. The number of carbonyl (C=O) groups excluding carboxylic acids is 1. The number of hydrogen-bond donors (Lipinski definition) is 0. The molecule has 0 atom stereocenters. The zero-order valence-electron chi connectivity index (χ0n) is 9.70. The van der Waals surface area contributed by atoms with Crippen molar-refractivity contribution in [2.45, 2.75) is 6.54 Å². The minimum Gasteiger partial charge on any atom is -0.496 e. The van der Waals surface area contributed by atoms with Gasteiger partial charge in [-0.1, -0.05) is 17.3 Å². The van der Waals surface area contributed by atoms with Crippen molar-refractivity contribution >= 4 is 6.29 Å². The zero-order chi connectivity index (χ0) is 13.0. The van der Waals surface area contributed by atoms with E-state index in [9.17, 15) is 4.79 Å². The summed E-state index contributed by atoms with van der Waals surface area (Å²) < 4.78 is 6.61. The van der Waals surface area contributed by atoms with E-state index in [1.165, 1.54) is 11.8 Å². The van der Waals surface area contributed by atoms with Crippen LogP contribution in [0.15, 0.2) is 24.3 Å². The molecule has 0 saturated carbocycles. The highest BCUT2D eigenvalue weighted by Crippen LogP contribution is 2.30. The molecule has 0 aliphatic heterocycles. The molecule has 0 amide bonds. The summed E-state index contributed by atoms with van der Waals surface area (Å²) in [6.45, 7) is 0.0220. The van der Waals surface area contributed by atoms with Crippen molar-refractivity contribution in [2.24, 2.45) is 0 Å². The number of carbonyl (C=O) groups is 1. The summed E-state index contributed by atoms with van der Waals surface area (Å²) in [6.07, 6.45) is 0.614. The summed E-state index contributed by atoms with van der Waals surface area (Å²) in [5, 5.41) is 16.3. The number of ether oxygens (including phenoxy) is 1. The number of aldehydes is 1. The Morgan fingerprint density at radius 3 is 2.94 bits per heavy atom. The predicted octanol–water partition coefficient (Wildman–Crippen LogP) is 1.29. The van der Waals surface area contributed by atoms with Gasteiger partial charge in [0.05, 0.1) is 13.2 Å². The molecule has 2 aromatic rings. The predicted molar refractivity (Wildman–Crippen MR) is 63.0 cm³/mol. The molecule has 1 heterocycles. The van der Waals surface area contributed by atoms with Crippen molar-refractivity contribution in [3.8, 4) is 23.1 Å². The highest BCUT2D eigenvalue weighted by molar-refractivity contribution is 5.85. The third-order valence-electron chi connectivity index (χ3n) is 2.46. The Kier molecular flexibility index (Phi) is 3.34. The molecule has 1 aromatic carbocycles. The van der Waals surface area contributed by atoms with Crippen LogP contribution in [0.25, 0.3) is 11.3 Å². The number of hydrogen-bond acceptors (Lipinski definition) is 5. The van der Waals surface area contributed by atoms with Gasteiger partial charge in [0.2, 0.25) is 0 Å². The van der Waals surface area contributed by atoms with E-state index in [0.717, 1.165) is 0 Å². The molecule has 0 radical (unpaired) electrons. The van der Waals surface area contributed by atoms with Crippen molar-refractivity contribution in [3.05, 3.63) is 30.0 Å². The van der Waals surface area contributed by atoms with Gasteiger partial charge < -0.3 is 4.74 Å². The van der Waals surface area contributed by atoms with Crippen LogP contribution < -0.4 is 4.74 Å². The van der Waals surface area contributed by atoms with Crippen LogP contribution in [0.5, 0.6) is 5.75 Å². The van der Waals surface area contributed by atoms with Crippen molar-refractivity contribution in [1.82, 2.24) is 15.0 Å². The van der Waals surface area contributed by atoms with Gasteiger partial charge in [-0.05, 0) is 12.1 Å². The van der Waals surface area contributed by atoms with Gasteiger partial charge in [0.25, 0.3) is 0 Å². The third-order valence-corrected chi connectivity index (χ3v) is 2.46. The van der Waals surface area contributed by atoms with E-state index < -0.39 is 0 Å². The van der Waals surface area contributed by atoms with Crippen molar-refractivity contribution in [2.75, 3.05) is 7.11 Å². The highest BCUT2D eigenvalue weighted by Gasteiger charge is 2.17. The minimum atomic E-state index is 0.0220. The largest absolute Gasteiger partial charge is 0.496 e. The molecular formula is C12H10N4O2. The molecule has 6 heteroatoms. The maximum Gasteiger partial charge on any atom is 0.172 e. The van der Waals surface area contributed by atoms with Gasteiger partial charge in [0, 0.05) is 5.56 Å². The quantitative estimate of drug-likeness (QED) is 0.754. The van der Waals surface area contributed by atoms with Crippen LogP contribution in [0.1, 0.15) is 10.5 Å². The van der Waals surface area contributed by atoms with E-state index in [4.69, 9.17) is 10.00 Å². The molecule has 0 spiro atoms. The second-order valence-electron chi connectivity index (χ2n) is 3.46. The number of rotatable bonds is 4. The fourth-order valence-electron chi connectivity index (χ4n) is 1.70. The standard InChI is InChI=1S/C12H10N4O2/c1-18-11-5-3-2-4-9(11)12-10(8-17)14-15-16(12)7-6-13/h2-5,8H,7H2,1H3. The van der Waals surface area contributed by atoms with Gasteiger partial charge in [-0.3, -0.25) is 4.79 Å². The van der Waals surface area contributed by atoms with Crippen LogP contribution >= 0.6 is 0 Å². The summed E-state index contributed by atoms with van der Waals surface area (Å²) in [4.78, 5) is 11.0. The highest BCUT2D eigenvalue weighted by atomic mass is 16.5. The molecule has 0 fully saturated rings. The maximum absolute atomic E-state index is 11.0. The second kappa shape index (κ2) is 5.10. The van der Waals surface area contributed by atoms with E-state index >= 15 is 0 Å². The van der Waals surface area contributed by atoms with Crippen molar-refractivity contribution in [1.29, 1.82) is 5.26 Å². The molecule has 6 nitrogen and oxygen atoms in total. The topological polar surface area (TPSA) is 80.8 Å². The molecule has 18 heavy (non-hydrogen) atoms. The Balaban J connectivity index is 2.65. The molecule has 0 unspecified atom stereocenters. The number of nitriles is 1. The lowest BCUT2D eigenvalue weighted by atomic mass is 10.1. The zero-order valence-corrected chi connectivity index (χ0v) is 9.70. The Morgan fingerprint density at radius 2 is 2.28 bits per heavy atom. The van der Waals surface area contributed by atoms with Gasteiger partial charge in [0.1, 0.15) is 18.0 Å². The first kappa shape index (κ1) is 11.8. The summed E-state index contributed by atoms with van der Waals surface area (Å²) >= 11 is 0. The van der Waals surface area contributed by atoms with Crippen molar-refractivity contribution in [3.63, 3.8) is 0 Å². The van der Waals surface area contributed by atoms with Gasteiger partial charge in [0.15, 0.2) is 12.0 Å². The van der Waals surface area contributed by atoms with E-state index in [-0.39, 0.29) is 12.2 Å². The summed E-state index contributed by atoms with van der Waals surface area (Å²) in [5.74, 6) is 0.599. The lowest BCUT2D eigenvalue weighted by molar-refractivity contribution is 0.111. The van der Waals surface area contributed by atoms with Gasteiger partial charge in [-0.15, -0.1) is 5.10 Å². The SMILES string of the molecule is COc1ccccc1-c1c(C=O)nnn1CC#N. The summed E-state index contributed by atoms with van der Waals surface area (Å²) in [5.41, 5.74) is 1.36. The number of benzene rings is 1. The van der Waals surface area contributed by atoms with Crippen LogP contribution in [-0.4, -0.2) is 28.4 Å². The fraction of sp³-hybridized carbons (Fsp3) is 0.167. The normalized spacial score (nSPS) is 9.78. The van der Waals surface area contributed by atoms with E-state index in [2.05, 4.69) is 10.3 Å². The molecule has 0 bridgehead atoms. The lowest BCUT2D eigenvalue weighted by Crippen LogP contribution is -2.02. The first-order chi connectivity index (χ1) is 8.81. The first-order valence-corrected chi connectivity index (χ1v) is 5.20. The second-order valence-corrected chi connectivity index (χ2v) is 3.46. The number of para-hydroxylation sites is 1. The van der Waals surface area contributed by atoms with E-state index in [0.29, 0.717) is 23.3 Å². The summed E-state index contributed by atoms with van der Waals surface area (Å²) in [7, 11) is 1.54. The number of nitrogens with zero attached hydrogens (tertiary/aromatic N) is 4. The van der Waals surface area contributed by atoms with E-state index in [1.807, 2.05) is 18.2 Å². The molecule has 0 N–H and O–H groups in total. The third kappa shape index (κ3) is 1.94. The monoisotopic (exact) mass is 242 g/mol. The van der Waals surface area contributed by atoms with Crippen LogP contribution in [0.2, 0.25) is 0 Å². The van der Waals surface area contributed by atoms with Gasteiger partial charge >= 0.3 is 0 Å². The molecular weight excluding hydrogens is 232 g/mol. The fourth-order valence-corrected chi connectivity index (χ4v) is 1.70. The Labute approximate surface area is 103 Å². The number of methoxy groups -OCH3 is 1. The van der Waals surface area contributed by atoms with Crippen LogP contribution in [-0.2, 0) is 6.54 Å². The van der Waals surface area contributed by atoms with Gasteiger partial charge in [-0.25, -0.2) is 4.68 Å². The average Bonchev–Trinajstić information content (AvgIpc) is 2.82. The first-order valence-electron chi connectivity index (χ1n) is 5.20. The molecule has 90 valence electrons. The van der Waals surface area contributed by atoms with Crippen LogP contribution in [0, 0.1) is 11.3 Å². The maximum atomic E-state index is 11.0. The Hall–Kier alpha value is -2.68. The smallest absolute Gasteiger partial charge is 0.172 e. The molecule has 0 aliphatic carbocycles. The van der Waals surface area contributed by atoms with E-state index in [1.54, 1.807) is 12.1 Å². The van der Waals surface area contributed by atoms with Crippen LogP contribution in [0.4, 0.5) is 0 Å². The molecule has 0 saturated heterocycles. The Morgan fingerprint density at radius 1 is 1.50 bits per heavy atom. The molecule has 1 aromatic heterocycles. The van der Waals surface area contributed by atoms with Gasteiger partial charge in [-0.2, -0.15) is 5.26 Å². The lowest BCUT2D eigenvalue weighted by Gasteiger charge is -2.08. The minimum absolute atomic E-state index is 0.0220.